The SMILES string of the molecule is Nc1ncc(-c2ccc(CNC(=O)c3cc(=O)n(Cc4ccccn4)c(=O)[nH]3)c(OC(F)(F)F)c2)cn1. The predicted octanol–water partition coefficient (Wildman–Crippen LogP) is 1.85. The molecule has 37 heavy (non-hydrogen) atoms. The number of aromatic nitrogens is 5. The molecule has 0 unspecified atom stereocenters. The summed E-state index contributed by atoms with van der Waals surface area (Å²) in [5, 5.41) is 2.37. The highest BCUT2D eigenvalue weighted by Gasteiger charge is 2.32. The lowest BCUT2D eigenvalue weighted by atomic mass is 10.1. The quantitative estimate of drug-likeness (QED) is 0.338. The third-order valence-electron chi connectivity index (χ3n) is 5.05. The van der Waals surface area contributed by atoms with Gasteiger partial charge in [0.25, 0.3) is 11.5 Å². The van der Waals surface area contributed by atoms with Crippen molar-refractivity contribution < 1.29 is 22.7 Å². The molecule has 11 nitrogen and oxygen atoms in total. The minimum absolute atomic E-state index is 0.00251. The summed E-state index contributed by atoms with van der Waals surface area (Å²) in [5.41, 5.74) is 4.62. The lowest BCUT2D eigenvalue weighted by Crippen LogP contribution is -2.38. The smallest absolute Gasteiger partial charge is 0.405 e. The Labute approximate surface area is 205 Å². The summed E-state index contributed by atoms with van der Waals surface area (Å²) in [6, 6.07) is 9.83. The maximum absolute atomic E-state index is 13.0. The number of H-pyrrole nitrogens is 1. The number of nitrogens with zero attached hydrogens (tertiary/aromatic N) is 4. The first-order chi connectivity index (χ1) is 17.6. The molecule has 3 heterocycles. The summed E-state index contributed by atoms with van der Waals surface area (Å²) in [6.07, 6.45) is -0.826. The van der Waals surface area contributed by atoms with Crippen LogP contribution in [0.3, 0.4) is 0 Å². The number of halogens is 3. The maximum Gasteiger partial charge on any atom is 0.573 e. The molecule has 4 rings (SSSR count). The minimum atomic E-state index is -5.00. The van der Waals surface area contributed by atoms with Crippen LogP contribution in [-0.2, 0) is 13.1 Å². The van der Waals surface area contributed by atoms with E-state index in [1.165, 1.54) is 30.7 Å². The van der Waals surface area contributed by atoms with Crippen molar-refractivity contribution in [3.05, 3.63) is 98.8 Å². The number of alkyl halides is 3. The summed E-state index contributed by atoms with van der Waals surface area (Å²) in [6.45, 7) is -0.512. The van der Waals surface area contributed by atoms with Gasteiger partial charge in [-0.15, -0.1) is 13.2 Å². The number of pyridine rings is 1. The van der Waals surface area contributed by atoms with E-state index < -0.39 is 35.8 Å². The molecule has 3 aromatic heterocycles. The number of nitrogens with one attached hydrogen (secondary N) is 2. The Bertz CT molecular complexity index is 1500. The van der Waals surface area contributed by atoms with Crippen LogP contribution in [0.1, 0.15) is 21.7 Å². The highest BCUT2D eigenvalue weighted by atomic mass is 19.4. The zero-order valence-electron chi connectivity index (χ0n) is 18.8. The largest absolute Gasteiger partial charge is 0.573 e. The Morgan fingerprint density at radius 3 is 2.46 bits per heavy atom. The number of rotatable bonds is 7. The van der Waals surface area contributed by atoms with Crippen LogP contribution in [0.5, 0.6) is 5.75 Å². The van der Waals surface area contributed by atoms with Crippen LogP contribution in [0, 0.1) is 0 Å². The fourth-order valence-electron chi connectivity index (χ4n) is 3.30. The molecule has 0 spiro atoms. The van der Waals surface area contributed by atoms with Gasteiger partial charge in [-0.05, 0) is 23.8 Å². The first kappa shape index (κ1) is 25.1. The van der Waals surface area contributed by atoms with E-state index >= 15 is 0 Å². The average Bonchev–Trinajstić information content (AvgIpc) is 2.85. The lowest BCUT2D eigenvalue weighted by molar-refractivity contribution is -0.274. The molecule has 1 amide bonds. The highest BCUT2D eigenvalue weighted by molar-refractivity contribution is 5.92. The first-order valence-corrected chi connectivity index (χ1v) is 10.6. The molecule has 1 aromatic carbocycles. The molecule has 0 saturated carbocycles. The van der Waals surface area contributed by atoms with E-state index in [2.05, 4.69) is 30.0 Å². The van der Waals surface area contributed by atoms with Crippen LogP contribution in [0.25, 0.3) is 11.1 Å². The zero-order valence-corrected chi connectivity index (χ0v) is 18.8. The van der Waals surface area contributed by atoms with Gasteiger partial charge in [0.05, 0.1) is 12.2 Å². The van der Waals surface area contributed by atoms with Crippen LogP contribution >= 0.6 is 0 Å². The average molecular weight is 513 g/mol. The summed E-state index contributed by atoms with van der Waals surface area (Å²) < 4.78 is 44.1. The number of hydrogen-bond acceptors (Lipinski definition) is 8. The van der Waals surface area contributed by atoms with Crippen molar-refractivity contribution >= 4 is 11.9 Å². The summed E-state index contributed by atoms with van der Waals surface area (Å²) in [7, 11) is 0. The second-order valence-electron chi connectivity index (χ2n) is 7.62. The minimum Gasteiger partial charge on any atom is -0.405 e. The van der Waals surface area contributed by atoms with E-state index in [9.17, 15) is 27.6 Å². The molecule has 0 bridgehead atoms. The third kappa shape index (κ3) is 6.36. The molecule has 0 aliphatic rings. The molecular weight excluding hydrogens is 495 g/mol. The number of carbonyl (C=O) groups is 1. The number of hydrogen-bond donors (Lipinski definition) is 3. The van der Waals surface area contributed by atoms with E-state index in [4.69, 9.17) is 5.73 Å². The lowest BCUT2D eigenvalue weighted by Gasteiger charge is -2.15. The number of aromatic amines is 1. The van der Waals surface area contributed by atoms with Crippen molar-refractivity contribution in [3.63, 3.8) is 0 Å². The molecular formula is C23H18F3N7O4. The van der Waals surface area contributed by atoms with Crippen LogP contribution in [0.15, 0.2) is 70.6 Å². The molecule has 0 atom stereocenters. The molecule has 190 valence electrons. The highest BCUT2D eigenvalue weighted by Crippen LogP contribution is 2.31. The summed E-state index contributed by atoms with van der Waals surface area (Å²) >= 11 is 0. The van der Waals surface area contributed by atoms with Gasteiger partial charge < -0.3 is 20.8 Å². The van der Waals surface area contributed by atoms with Crippen molar-refractivity contribution in [3.8, 4) is 16.9 Å². The van der Waals surface area contributed by atoms with Gasteiger partial charge >= 0.3 is 12.1 Å². The number of nitrogens with two attached hydrogens (primary N) is 1. The number of benzene rings is 1. The monoisotopic (exact) mass is 513 g/mol. The molecule has 0 saturated heterocycles. The van der Waals surface area contributed by atoms with Crippen LogP contribution < -0.4 is 27.0 Å². The van der Waals surface area contributed by atoms with Gasteiger partial charge in [0, 0.05) is 42.3 Å². The zero-order chi connectivity index (χ0) is 26.6. The fraction of sp³-hybridized carbons (Fsp3) is 0.130. The van der Waals surface area contributed by atoms with E-state index in [0.717, 1.165) is 16.7 Å². The molecule has 0 fully saturated rings. The normalized spacial score (nSPS) is 11.2. The van der Waals surface area contributed by atoms with Crippen molar-refractivity contribution in [1.82, 2.24) is 29.8 Å². The van der Waals surface area contributed by atoms with Crippen LogP contribution in [-0.4, -0.2) is 36.8 Å². The molecule has 0 aliphatic heterocycles. The molecule has 14 heteroatoms. The number of carbonyl (C=O) groups excluding carboxylic acids is 1. The second-order valence-corrected chi connectivity index (χ2v) is 7.62. The summed E-state index contributed by atoms with van der Waals surface area (Å²) in [4.78, 5) is 51.3. The molecule has 0 radical (unpaired) electrons. The van der Waals surface area contributed by atoms with Crippen molar-refractivity contribution in [2.75, 3.05) is 5.73 Å². The maximum atomic E-state index is 13.0. The van der Waals surface area contributed by atoms with Gasteiger partial charge in [-0.1, -0.05) is 18.2 Å². The number of anilines is 1. The second kappa shape index (κ2) is 10.3. The fourth-order valence-corrected chi connectivity index (χ4v) is 3.30. The van der Waals surface area contributed by atoms with Gasteiger partial charge in [-0.2, -0.15) is 0 Å². The van der Waals surface area contributed by atoms with Gasteiger partial charge in [0.2, 0.25) is 5.95 Å². The third-order valence-corrected chi connectivity index (χ3v) is 5.05. The first-order valence-electron chi connectivity index (χ1n) is 10.6. The Hall–Kier alpha value is -5.01. The molecule has 4 aromatic rings. The van der Waals surface area contributed by atoms with Crippen molar-refractivity contribution in [2.24, 2.45) is 0 Å². The molecule has 0 aliphatic carbocycles. The van der Waals surface area contributed by atoms with Crippen LogP contribution in [0.4, 0.5) is 19.1 Å². The summed E-state index contributed by atoms with van der Waals surface area (Å²) in [5.74, 6) is -1.45. The van der Waals surface area contributed by atoms with Crippen LogP contribution in [0.2, 0.25) is 0 Å². The number of amides is 1. The topological polar surface area (TPSA) is 158 Å². The van der Waals surface area contributed by atoms with Gasteiger partial charge in [0.1, 0.15) is 11.4 Å². The molecule has 4 N–H and O–H groups in total. The van der Waals surface area contributed by atoms with Crippen molar-refractivity contribution in [2.45, 2.75) is 19.5 Å². The van der Waals surface area contributed by atoms with E-state index in [1.54, 1.807) is 18.2 Å². The van der Waals surface area contributed by atoms with E-state index in [-0.39, 0.29) is 23.8 Å². The van der Waals surface area contributed by atoms with Gasteiger partial charge in [-0.25, -0.2) is 14.8 Å². The Morgan fingerprint density at radius 2 is 1.81 bits per heavy atom. The predicted molar refractivity (Wildman–Crippen MR) is 124 cm³/mol. The van der Waals surface area contributed by atoms with E-state index in [1.807, 2.05) is 0 Å². The standard InChI is InChI=1S/C23H18F3N7O4/c24-23(25,26)37-18-7-13(15-10-30-21(27)31-11-15)4-5-14(18)9-29-20(35)17-8-19(34)33(22(36)32-17)12-16-3-1-2-6-28-16/h1-8,10-11H,9,12H2,(H,29,35)(H,32,36)(H2,27,30,31). The number of nitrogen functional groups attached to an aromatic ring is 1. The number of ether oxygens (including phenoxy) is 1. The van der Waals surface area contributed by atoms with E-state index in [0.29, 0.717) is 16.8 Å². The Balaban J connectivity index is 1.54. The van der Waals surface area contributed by atoms with Crippen molar-refractivity contribution in [1.29, 1.82) is 0 Å². The Morgan fingerprint density at radius 1 is 1.05 bits per heavy atom. The van der Waals surface area contributed by atoms with Gasteiger partial charge in [0.15, 0.2) is 0 Å². The van der Waals surface area contributed by atoms with Gasteiger partial charge in [-0.3, -0.25) is 19.1 Å². The Kier molecular flexibility index (Phi) is 6.99.